The first-order valence-electron chi connectivity index (χ1n) is 14.0. The summed E-state index contributed by atoms with van der Waals surface area (Å²) < 4.78 is 82.4. The van der Waals surface area contributed by atoms with Crippen LogP contribution in [0.3, 0.4) is 0 Å². The van der Waals surface area contributed by atoms with Crippen molar-refractivity contribution in [3.8, 4) is 28.3 Å². The van der Waals surface area contributed by atoms with Gasteiger partial charge in [0, 0.05) is 16.0 Å². The van der Waals surface area contributed by atoms with E-state index >= 15 is 8.78 Å². The molecule has 6 rings (SSSR count). The molecule has 0 fully saturated rings. The van der Waals surface area contributed by atoms with Gasteiger partial charge in [-0.25, -0.2) is 18.4 Å². The number of carbonyl (C=O) groups excluding carboxylic acids is 1. The summed E-state index contributed by atoms with van der Waals surface area (Å²) >= 11 is 0.477. The normalized spacial score (nSPS) is 11.5. The molecule has 0 spiro atoms. The molecule has 1 N–H and O–H groups in total. The Morgan fingerprint density at radius 2 is 1.63 bits per heavy atom. The van der Waals surface area contributed by atoms with Gasteiger partial charge >= 0.3 is 69.0 Å². The second-order valence-electron chi connectivity index (χ2n) is 10.5. The van der Waals surface area contributed by atoms with Gasteiger partial charge in [-0.2, -0.15) is 13.2 Å². The summed E-state index contributed by atoms with van der Waals surface area (Å²) in [4.78, 5) is 53.7. The van der Waals surface area contributed by atoms with Crippen molar-refractivity contribution >= 4 is 27.3 Å². The van der Waals surface area contributed by atoms with Crippen molar-refractivity contribution in [1.82, 2.24) is 19.3 Å². The third-order valence-electron chi connectivity index (χ3n) is 7.42. The van der Waals surface area contributed by atoms with Gasteiger partial charge in [-0.1, -0.05) is 41.6 Å². The second-order valence-corrected chi connectivity index (χ2v) is 11.6. The molecular weight excluding hydrogens is 703 g/mol. The molecule has 0 bridgehead atoms. The number of nitrogens with zero attached hydrogens (tertiary/aromatic N) is 3. The van der Waals surface area contributed by atoms with Crippen molar-refractivity contribution in [1.29, 1.82) is 0 Å². The number of ketones is 1. The molecule has 10 nitrogen and oxygen atoms in total. The van der Waals surface area contributed by atoms with Crippen molar-refractivity contribution in [2.45, 2.75) is 25.7 Å². The van der Waals surface area contributed by atoms with Gasteiger partial charge in [0.15, 0.2) is 11.6 Å². The summed E-state index contributed by atoms with van der Waals surface area (Å²) in [5.41, 5.74) is -2.23. The van der Waals surface area contributed by atoms with Crippen LogP contribution >= 0.6 is 11.3 Å². The quantitative estimate of drug-likeness (QED) is 0.138. The van der Waals surface area contributed by atoms with Crippen molar-refractivity contribution in [2.75, 3.05) is 7.11 Å². The number of fused-ring (bicyclic) bond motifs is 1. The molecule has 49 heavy (non-hydrogen) atoms. The maximum atomic E-state index is 15.7. The molecular formula is C32H22F5KN4O6S. The Labute approximate surface area is 319 Å². The average Bonchev–Trinajstić information content (AvgIpc) is 3.67. The van der Waals surface area contributed by atoms with Gasteiger partial charge in [0.2, 0.25) is 0 Å². The summed E-state index contributed by atoms with van der Waals surface area (Å²) in [5.74, 6) is -3.65. The number of methoxy groups -OCH3 is 1. The molecule has 0 saturated heterocycles. The van der Waals surface area contributed by atoms with Crippen LogP contribution in [-0.2, 0) is 19.5 Å². The number of ether oxygens (including phenoxy) is 1. The molecule has 0 unspecified atom stereocenters. The molecule has 0 aliphatic heterocycles. The fraction of sp³-hybridized carbons (Fsp3) is 0.156. The number of thiophene rings is 1. The zero-order chi connectivity index (χ0) is 34.3. The minimum Gasteiger partial charge on any atom is -1.00 e. The van der Waals surface area contributed by atoms with E-state index in [-0.39, 0.29) is 102 Å². The Hall–Kier alpha value is -4.00. The summed E-state index contributed by atoms with van der Waals surface area (Å²) in [7, 11) is 1.31. The van der Waals surface area contributed by atoms with Crippen LogP contribution in [0.5, 0.6) is 5.75 Å². The standard InChI is InChI=1S/C32H21F5N4O6S.K.H/c1-46-26-9-5-4-8-20(26)25(42)15-40-28(43)21-12-17(13-32(35,36)37)48-29(21)41(31(40)45)14-22-23(33)10-16(11-24(22)34)18-6-2-3-7-19(18)27-38-30(44)47-39-27;;/h2-12H,13-15H2,1H3,(H,38,39,44);;/q;+1;-1. The number of aromatic nitrogens is 4. The van der Waals surface area contributed by atoms with E-state index in [1.807, 2.05) is 0 Å². The summed E-state index contributed by atoms with van der Waals surface area (Å²) in [6.45, 7) is -1.66. The monoisotopic (exact) mass is 724 g/mol. The minimum absolute atomic E-state index is 0. The molecule has 0 amide bonds. The molecule has 0 radical (unpaired) electrons. The Morgan fingerprint density at radius 3 is 2.27 bits per heavy atom. The van der Waals surface area contributed by atoms with E-state index in [4.69, 9.17) is 4.74 Å². The molecule has 248 valence electrons. The molecule has 0 saturated carbocycles. The molecule has 17 heteroatoms. The fourth-order valence-electron chi connectivity index (χ4n) is 5.27. The fourth-order valence-corrected chi connectivity index (χ4v) is 6.44. The number of benzene rings is 3. The number of Topliss-reactive ketones (excluding diaryl/α,β-unsaturated/α-hetero) is 1. The van der Waals surface area contributed by atoms with Crippen molar-refractivity contribution in [3.63, 3.8) is 0 Å². The van der Waals surface area contributed by atoms with Crippen LogP contribution in [-0.4, -0.2) is 38.3 Å². The van der Waals surface area contributed by atoms with Crippen molar-refractivity contribution in [2.24, 2.45) is 0 Å². The SMILES string of the molecule is COc1ccccc1C(=O)Cn1c(=O)c2cc(CC(F)(F)F)sc2n(Cc2c(F)cc(-c3ccccc3-c3noc(=O)[nH]3)cc2F)c1=O.[H-].[K+]. The number of rotatable bonds is 9. The zero-order valence-corrected chi connectivity index (χ0v) is 29.5. The van der Waals surface area contributed by atoms with E-state index in [1.165, 1.54) is 37.4 Å². The van der Waals surface area contributed by atoms with E-state index in [1.54, 1.807) is 18.2 Å². The first-order chi connectivity index (χ1) is 22.8. The number of alkyl halides is 3. The predicted molar refractivity (Wildman–Crippen MR) is 166 cm³/mol. The van der Waals surface area contributed by atoms with E-state index in [0.717, 1.165) is 22.8 Å². The summed E-state index contributed by atoms with van der Waals surface area (Å²) in [5, 5.41) is 3.29. The number of hydrogen-bond acceptors (Lipinski definition) is 8. The number of para-hydroxylation sites is 1. The Balaban J connectivity index is 0.00000281. The third-order valence-corrected chi connectivity index (χ3v) is 8.58. The third kappa shape index (κ3) is 7.46. The number of nitrogens with one attached hydrogen (secondary N) is 1. The van der Waals surface area contributed by atoms with E-state index in [0.29, 0.717) is 15.9 Å². The van der Waals surface area contributed by atoms with Crippen LogP contribution in [0.1, 0.15) is 22.2 Å². The maximum Gasteiger partial charge on any atom is 1.00 e. The molecule has 3 aromatic carbocycles. The van der Waals surface area contributed by atoms with Gasteiger partial charge in [-0.05, 0) is 41.5 Å². The summed E-state index contributed by atoms with van der Waals surface area (Å²) in [6, 6.07) is 15.2. The van der Waals surface area contributed by atoms with Crippen molar-refractivity contribution in [3.05, 3.63) is 126 Å². The Bertz CT molecular complexity index is 2380. The zero-order valence-electron chi connectivity index (χ0n) is 26.6. The first kappa shape index (κ1) is 36.3. The van der Waals surface area contributed by atoms with Crippen LogP contribution in [0.2, 0.25) is 0 Å². The number of halogens is 5. The van der Waals surface area contributed by atoms with Crippen LogP contribution < -0.4 is 73.1 Å². The maximum absolute atomic E-state index is 15.7. The average molecular weight is 725 g/mol. The van der Waals surface area contributed by atoms with Gasteiger partial charge in [0.05, 0.1) is 37.6 Å². The first-order valence-corrected chi connectivity index (χ1v) is 14.8. The molecule has 0 aliphatic carbocycles. The number of hydrogen-bond donors (Lipinski definition) is 1. The molecule has 0 atom stereocenters. The predicted octanol–water partition coefficient (Wildman–Crippen LogP) is 2.67. The molecule has 3 heterocycles. The van der Waals surface area contributed by atoms with Crippen molar-refractivity contribution < 1.29 is 88.8 Å². The largest absolute Gasteiger partial charge is 1.00 e. The minimum atomic E-state index is -4.66. The molecule has 0 aliphatic rings. The van der Waals surface area contributed by atoms with Gasteiger partial charge in [0.25, 0.3) is 5.56 Å². The Kier molecular flexibility index (Phi) is 10.7. The number of aromatic amines is 1. The van der Waals surface area contributed by atoms with Crippen LogP contribution in [0.15, 0.2) is 85.6 Å². The Morgan fingerprint density at radius 1 is 0.980 bits per heavy atom. The van der Waals surface area contributed by atoms with Gasteiger partial charge in [-0.3, -0.25) is 28.2 Å². The van der Waals surface area contributed by atoms with Gasteiger partial charge in [0.1, 0.15) is 22.2 Å². The van der Waals surface area contributed by atoms with Crippen LogP contribution in [0.4, 0.5) is 22.0 Å². The van der Waals surface area contributed by atoms with E-state index in [2.05, 4.69) is 14.7 Å². The topological polar surface area (TPSA) is 129 Å². The van der Waals surface area contributed by atoms with E-state index < -0.39 is 65.7 Å². The number of carbonyl (C=O) groups is 1. The molecule has 6 aromatic rings. The van der Waals surface area contributed by atoms with Gasteiger partial charge in [-0.15, -0.1) is 11.3 Å². The van der Waals surface area contributed by atoms with Crippen LogP contribution in [0, 0.1) is 11.6 Å². The van der Waals surface area contributed by atoms with Gasteiger partial charge < -0.3 is 6.16 Å². The molecule has 3 aromatic heterocycles. The summed E-state index contributed by atoms with van der Waals surface area (Å²) in [6.07, 6.45) is -6.08. The number of H-pyrrole nitrogens is 1. The van der Waals surface area contributed by atoms with E-state index in [9.17, 15) is 32.3 Å². The smallest absolute Gasteiger partial charge is 1.00 e. The van der Waals surface area contributed by atoms with Crippen LogP contribution in [0.25, 0.3) is 32.7 Å². The second kappa shape index (κ2) is 14.5.